The molecule has 0 fully saturated rings. The lowest BCUT2D eigenvalue weighted by Gasteiger charge is -2.16. The second-order valence-corrected chi connectivity index (χ2v) is 8.37. The van der Waals surface area contributed by atoms with Crippen LogP contribution < -0.4 is 15.2 Å². The van der Waals surface area contributed by atoms with Crippen molar-refractivity contribution in [3.8, 4) is 5.75 Å². The average molecular weight is 461 g/mol. The summed E-state index contributed by atoms with van der Waals surface area (Å²) < 4.78 is 33.3. The molecule has 0 spiro atoms. The van der Waals surface area contributed by atoms with E-state index in [0.717, 1.165) is 6.07 Å². The van der Waals surface area contributed by atoms with Gasteiger partial charge in [-0.2, -0.15) is 0 Å². The van der Waals surface area contributed by atoms with E-state index in [0.29, 0.717) is 22.0 Å². The number of nitrogens with one attached hydrogen (secondary N) is 1. The predicted octanol–water partition coefficient (Wildman–Crippen LogP) is 3.14. The molecule has 0 aliphatic carbocycles. The molecule has 2 rings (SSSR count). The summed E-state index contributed by atoms with van der Waals surface area (Å²) in [5.41, 5.74) is 0.937. The zero-order chi connectivity index (χ0) is 21.9. The lowest BCUT2D eigenvalue weighted by atomic mass is 10.2. The fraction of sp³-hybridized carbons (Fsp3) is 0.222. The van der Waals surface area contributed by atoms with E-state index in [2.05, 4.69) is 5.32 Å². The second kappa shape index (κ2) is 9.00. The number of nitrogens with two attached hydrogens (primary N) is 1. The number of rotatable bonds is 6. The Bertz CT molecular complexity index is 1070. The van der Waals surface area contributed by atoms with E-state index in [-0.39, 0.29) is 10.6 Å². The van der Waals surface area contributed by atoms with Crippen LogP contribution in [0.5, 0.6) is 5.75 Å². The van der Waals surface area contributed by atoms with Crippen molar-refractivity contribution in [1.29, 1.82) is 0 Å². The van der Waals surface area contributed by atoms with Gasteiger partial charge in [-0.3, -0.25) is 4.79 Å². The van der Waals surface area contributed by atoms with Crippen molar-refractivity contribution in [3.05, 3.63) is 51.5 Å². The molecule has 3 N–H and O–H groups in total. The number of aryl methyl sites for hydroxylation is 1. The minimum Gasteiger partial charge on any atom is -0.495 e. The molecule has 8 nitrogen and oxygen atoms in total. The third-order valence-corrected chi connectivity index (χ3v) is 5.66. The van der Waals surface area contributed by atoms with Crippen LogP contribution in [-0.2, 0) is 19.6 Å². The van der Waals surface area contributed by atoms with Crippen molar-refractivity contribution in [2.75, 3.05) is 12.4 Å². The summed E-state index contributed by atoms with van der Waals surface area (Å²) in [6, 6.07) is 6.60. The van der Waals surface area contributed by atoms with Crippen LogP contribution in [0.15, 0.2) is 35.2 Å². The van der Waals surface area contributed by atoms with E-state index in [1.165, 1.54) is 26.2 Å². The number of ether oxygens (including phenoxy) is 2. The lowest BCUT2D eigenvalue weighted by Crippen LogP contribution is -2.30. The van der Waals surface area contributed by atoms with Crippen LogP contribution in [0.3, 0.4) is 0 Å². The number of primary sulfonamides is 1. The van der Waals surface area contributed by atoms with E-state index in [9.17, 15) is 18.0 Å². The minimum absolute atomic E-state index is 0.127. The third kappa shape index (κ3) is 5.60. The minimum atomic E-state index is -4.13. The van der Waals surface area contributed by atoms with E-state index in [1.54, 1.807) is 19.1 Å². The van der Waals surface area contributed by atoms with Crippen molar-refractivity contribution in [2.24, 2.45) is 5.14 Å². The SMILES string of the molecule is COc1cc(Cl)c(C)cc1NC(=O)C(C)OC(=O)c1ccc(Cl)c(S(N)(=O)=O)c1. The Labute approximate surface area is 177 Å². The van der Waals surface area contributed by atoms with Gasteiger partial charge < -0.3 is 14.8 Å². The Morgan fingerprint density at radius 1 is 1.14 bits per heavy atom. The number of benzene rings is 2. The number of esters is 1. The smallest absolute Gasteiger partial charge is 0.338 e. The fourth-order valence-corrected chi connectivity index (χ4v) is 3.52. The van der Waals surface area contributed by atoms with Crippen molar-refractivity contribution in [1.82, 2.24) is 0 Å². The molecule has 2 aromatic rings. The predicted molar refractivity (Wildman–Crippen MR) is 109 cm³/mol. The van der Waals surface area contributed by atoms with E-state index in [4.69, 9.17) is 37.8 Å². The van der Waals surface area contributed by atoms with Gasteiger partial charge in [0.25, 0.3) is 5.91 Å². The molecule has 0 aromatic heterocycles. The summed E-state index contributed by atoms with van der Waals surface area (Å²) in [5.74, 6) is -1.21. The highest BCUT2D eigenvalue weighted by atomic mass is 35.5. The van der Waals surface area contributed by atoms with Gasteiger partial charge in [0.1, 0.15) is 10.6 Å². The molecule has 0 aliphatic heterocycles. The van der Waals surface area contributed by atoms with Crippen LogP contribution in [0.1, 0.15) is 22.8 Å². The molecule has 1 unspecified atom stereocenters. The Morgan fingerprint density at radius 2 is 1.79 bits per heavy atom. The quantitative estimate of drug-likeness (QED) is 0.637. The molecule has 0 aliphatic rings. The third-order valence-electron chi connectivity index (χ3n) is 3.87. The Kier molecular flexibility index (Phi) is 7.12. The van der Waals surface area contributed by atoms with Crippen molar-refractivity contribution < 1.29 is 27.5 Å². The number of hydrogen-bond donors (Lipinski definition) is 2. The van der Waals surface area contributed by atoms with Crippen molar-refractivity contribution >= 4 is 50.8 Å². The highest BCUT2D eigenvalue weighted by Gasteiger charge is 2.22. The first-order valence-electron chi connectivity index (χ1n) is 8.12. The molecule has 156 valence electrons. The van der Waals surface area contributed by atoms with Gasteiger partial charge in [-0.05, 0) is 43.7 Å². The van der Waals surface area contributed by atoms with E-state index in [1.807, 2.05) is 0 Å². The van der Waals surface area contributed by atoms with Gasteiger partial charge in [-0.25, -0.2) is 18.4 Å². The van der Waals surface area contributed by atoms with E-state index < -0.39 is 32.9 Å². The number of amides is 1. The number of anilines is 1. The highest BCUT2D eigenvalue weighted by molar-refractivity contribution is 7.89. The average Bonchev–Trinajstić information content (AvgIpc) is 2.63. The number of hydrogen-bond acceptors (Lipinski definition) is 6. The summed E-state index contributed by atoms with van der Waals surface area (Å²) >= 11 is 11.8. The van der Waals surface area contributed by atoms with Gasteiger partial charge in [-0.15, -0.1) is 0 Å². The molecule has 0 heterocycles. The molecule has 2 aromatic carbocycles. The molecule has 1 atom stereocenters. The van der Waals surface area contributed by atoms with Gasteiger partial charge in [-0.1, -0.05) is 23.2 Å². The second-order valence-electron chi connectivity index (χ2n) is 6.03. The number of carbonyl (C=O) groups is 2. The Balaban J connectivity index is 2.16. The topological polar surface area (TPSA) is 125 Å². The van der Waals surface area contributed by atoms with Crippen LogP contribution in [0.2, 0.25) is 10.0 Å². The first-order chi connectivity index (χ1) is 13.4. The lowest BCUT2D eigenvalue weighted by molar-refractivity contribution is -0.123. The van der Waals surface area contributed by atoms with Gasteiger partial charge in [0, 0.05) is 11.1 Å². The zero-order valence-electron chi connectivity index (χ0n) is 15.7. The van der Waals surface area contributed by atoms with Crippen molar-refractivity contribution in [3.63, 3.8) is 0 Å². The first-order valence-corrected chi connectivity index (χ1v) is 10.4. The molecular formula is C18H18Cl2N2O6S. The van der Waals surface area contributed by atoms with Gasteiger partial charge >= 0.3 is 5.97 Å². The summed E-state index contributed by atoms with van der Waals surface area (Å²) in [7, 11) is -2.71. The maximum atomic E-state index is 12.4. The number of methoxy groups -OCH3 is 1. The summed E-state index contributed by atoms with van der Waals surface area (Å²) in [6.07, 6.45) is -1.20. The van der Waals surface area contributed by atoms with Crippen molar-refractivity contribution in [2.45, 2.75) is 24.8 Å². The Morgan fingerprint density at radius 3 is 2.38 bits per heavy atom. The zero-order valence-corrected chi connectivity index (χ0v) is 18.0. The molecule has 0 saturated heterocycles. The van der Waals surface area contributed by atoms with Crippen LogP contribution >= 0.6 is 23.2 Å². The van der Waals surface area contributed by atoms with Gasteiger partial charge in [0.15, 0.2) is 6.10 Å². The van der Waals surface area contributed by atoms with Crippen LogP contribution in [0, 0.1) is 6.92 Å². The molecular weight excluding hydrogens is 443 g/mol. The first kappa shape index (κ1) is 23.0. The maximum Gasteiger partial charge on any atom is 0.338 e. The standard InChI is InChI=1S/C18H18Cl2N2O6S/c1-9-6-14(15(27-3)8-13(9)20)22-17(23)10(2)28-18(24)11-4-5-12(19)16(7-11)29(21,25)26/h4-8,10H,1-3H3,(H,22,23)(H2,21,25,26). The van der Waals surface area contributed by atoms with Gasteiger partial charge in [0.2, 0.25) is 10.0 Å². The highest BCUT2D eigenvalue weighted by Crippen LogP contribution is 2.31. The molecule has 0 radical (unpaired) electrons. The molecule has 29 heavy (non-hydrogen) atoms. The normalized spacial score (nSPS) is 12.2. The monoisotopic (exact) mass is 460 g/mol. The maximum absolute atomic E-state index is 12.4. The van der Waals surface area contributed by atoms with Crippen LogP contribution in [0.25, 0.3) is 0 Å². The fourth-order valence-electron chi connectivity index (χ4n) is 2.29. The summed E-state index contributed by atoms with van der Waals surface area (Å²) in [4.78, 5) is 24.3. The summed E-state index contributed by atoms with van der Waals surface area (Å²) in [6.45, 7) is 3.11. The number of halogens is 2. The van der Waals surface area contributed by atoms with Crippen LogP contribution in [0.4, 0.5) is 5.69 Å². The Hall–Kier alpha value is -2.33. The van der Waals surface area contributed by atoms with E-state index >= 15 is 0 Å². The molecule has 0 bridgehead atoms. The number of sulfonamides is 1. The number of carbonyl (C=O) groups excluding carboxylic acids is 2. The molecule has 0 saturated carbocycles. The summed E-state index contributed by atoms with van der Waals surface area (Å²) in [5, 5.41) is 7.98. The molecule has 11 heteroatoms. The van der Waals surface area contributed by atoms with Crippen LogP contribution in [-0.4, -0.2) is 33.5 Å². The van der Waals surface area contributed by atoms with Gasteiger partial charge in [0.05, 0.1) is 23.4 Å². The molecule has 1 amide bonds. The largest absolute Gasteiger partial charge is 0.495 e.